The van der Waals surface area contributed by atoms with E-state index in [-0.39, 0.29) is 41.0 Å². The van der Waals surface area contributed by atoms with E-state index in [9.17, 15) is 8.42 Å². The molecule has 0 amide bonds. The van der Waals surface area contributed by atoms with Gasteiger partial charge >= 0.3 is 6.01 Å². The fourth-order valence-electron chi connectivity index (χ4n) is 6.06. The number of para-hydroxylation sites is 2. The van der Waals surface area contributed by atoms with Crippen LogP contribution in [0.3, 0.4) is 0 Å². The third-order valence-corrected chi connectivity index (χ3v) is 9.82. The minimum atomic E-state index is -3.71. The van der Waals surface area contributed by atoms with Crippen LogP contribution in [0, 0.1) is 0 Å². The first kappa shape index (κ1) is 34.9. The van der Waals surface area contributed by atoms with Crippen LogP contribution in [0.25, 0.3) is 22.1 Å². The minimum Gasteiger partial charge on any atom is -1.00 e. The van der Waals surface area contributed by atoms with Gasteiger partial charge in [-0.25, -0.2) is 8.42 Å². The number of imidazole rings is 1. The number of ether oxygens (including phenoxy) is 1. The van der Waals surface area contributed by atoms with Gasteiger partial charge in [0.1, 0.15) is 29.5 Å². The van der Waals surface area contributed by atoms with E-state index in [0.29, 0.717) is 22.5 Å². The van der Waals surface area contributed by atoms with Crippen LogP contribution in [0.2, 0.25) is 0 Å². The van der Waals surface area contributed by atoms with Crippen molar-refractivity contribution in [2.45, 2.75) is 84.0 Å². The molecule has 0 aliphatic rings. The van der Waals surface area contributed by atoms with Crippen molar-refractivity contribution in [2.75, 3.05) is 0 Å². The number of hydrogen-bond donors (Lipinski definition) is 0. The third kappa shape index (κ3) is 6.36. The molecule has 3 aromatic carbocycles. The van der Waals surface area contributed by atoms with E-state index in [0.717, 1.165) is 16.8 Å². The lowest BCUT2D eigenvalue weighted by Crippen LogP contribution is -3.00. The summed E-state index contributed by atoms with van der Waals surface area (Å²) in [5.41, 5.74) is 7.07. The summed E-state index contributed by atoms with van der Waals surface area (Å²) in [6.45, 7) is 21.2. The summed E-state index contributed by atoms with van der Waals surface area (Å²) >= 11 is 0. The molecule has 0 bridgehead atoms. The molecule has 0 saturated carbocycles. The van der Waals surface area contributed by atoms with Crippen LogP contribution in [-0.4, -0.2) is 18.0 Å². The smallest absolute Gasteiger partial charge is 0.472 e. The molecule has 0 saturated heterocycles. The van der Waals surface area contributed by atoms with Crippen LogP contribution in [0.5, 0.6) is 11.8 Å². The van der Waals surface area contributed by atoms with Gasteiger partial charge in [-0.3, -0.25) is 4.98 Å². The summed E-state index contributed by atoms with van der Waals surface area (Å²) in [5.74, 6) is 1.61. The topological polar surface area (TPSA) is 65.1 Å². The molecule has 5 aromatic rings. The number of rotatable bonds is 10. The fraction of sp³-hybridized carbons (Fsp3) is 0.316. The standard InChI is InChI=1S/C38H44N3O3S.ClH/c1-10-45(42,43)35-18-17-34(32-19-20-39-23-33(32)35)44-38-40(36-28(24(2)3)13-11-14-29(36)25(4)5)21-22-41(38)37-30(26(6)7)15-12-16-31(37)27(8)9;/h10-27H,1H2,2-9H3;1H/q+1;/p-1. The lowest BCUT2D eigenvalue weighted by Gasteiger charge is -2.20. The summed E-state index contributed by atoms with van der Waals surface area (Å²) < 4.78 is 37.2. The SMILES string of the molecule is C=CS(=O)(=O)c1ccc(Oc2n(-c3c(C(C)C)cccc3C(C)C)cc[n+]2-c2c(C(C)C)cccc2C(C)C)c2ccncc12.[Cl-]. The third-order valence-electron chi connectivity index (χ3n) is 8.41. The lowest BCUT2D eigenvalue weighted by molar-refractivity contribution is -0.602. The van der Waals surface area contributed by atoms with Gasteiger partial charge < -0.3 is 17.1 Å². The number of aromatic nitrogens is 3. The molecule has 0 radical (unpaired) electrons. The predicted octanol–water partition coefficient (Wildman–Crippen LogP) is 6.51. The number of sulfone groups is 1. The maximum Gasteiger partial charge on any atom is 0.472 e. The van der Waals surface area contributed by atoms with Gasteiger partial charge in [-0.2, -0.15) is 9.13 Å². The largest absolute Gasteiger partial charge is 1.00 e. The molecule has 0 fully saturated rings. The Labute approximate surface area is 280 Å². The molecule has 0 aliphatic carbocycles. The van der Waals surface area contributed by atoms with Crippen LogP contribution in [0.4, 0.5) is 0 Å². The maximum atomic E-state index is 12.9. The van der Waals surface area contributed by atoms with Gasteiger partial charge in [0.25, 0.3) is 0 Å². The number of nitrogens with zero attached hydrogens (tertiary/aromatic N) is 3. The van der Waals surface area contributed by atoms with Crippen LogP contribution in [0.1, 0.15) is 101 Å². The zero-order chi connectivity index (χ0) is 32.6. The molecule has 242 valence electrons. The Balaban J connectivity index is 0.00000480. The number of hydrogen-bond acceptors (Lipinski definition) is 4. The summed E-state index contributed by atoms with van der Waals surface area (Å²) in [6, 6.07) is 18.8. The van der Waals surface area contributed by atoms with Crippen molar-refractivity contribution in [2.24, 2.45) is 0 Å². The minimum absolute atomic E-state index is 0. The van der Waals surface area contributed by atoms with Crippen LogP contribution < -0.4 is 21.7 Å². The molecular formula is C38H44ClN3O3S. The molecule has 0 N–H and O–H groups in total. The second kappa shape index (κ2) is 13.8. The van der Waals surface area contributed by atoms with Gasteiger partial charge in [0.15, 0.2) is 9.84 Å². The highest BCUT2D eigenvalue weighted by molar-refractivity contribution is 7.94. The molecule has 2 aromatic heterocycles. The van der Waals surface area contributed by atoms with Gasteiger partial charge in [0.05, 0.1) is 4.90 Å². The van der Waals surface area contributed by atoms with Crippen molar-refractivity contribution in [1.29, 1.82) is 0 Å². The van der Waals surface area contributed by atoms with E-state index < -0.39 is 9.84 Å². The average Bonchev–Trinajstić information content (AvgIpc) is 3.42. The van der Waals surface area contributed by atoms with Crippen LogP contribution in [0.15, 0.2) is 96.3 Å². The quantitative estimate of drug-likeness (QED) is 0.161. The molecule has 0 unspecified atom stereocenters. The predicted molar refractivity (Wildman–Crippen MR) is 183 cm³/mol. The van der Waals surface area contributed by atoms with Gasteiger partial charge in [0.2, 0.25) is 0 Å². The zero-order valence-electron chi connectivity index (χ0n) is 28.0. The van der Waals surface area contributed by atoms with E-state index in [4.69, 9.17) is 4.74 Å². The van der Waals surface area contributed by atoms with Crippen LogP contribution >= 0.6 is 0 Å². The van der Waals surface area contributed by atoms with Crippen molar-refractivity contribution < 1.29 is 30.1 Å². The highest BCUT2D eigenvalue weighted by Crippen LogP contribution is 2.38. The van der Waals surface area contributed by atoms with E-state index in [1.807, 2.05) is 0 Å². The second-order valence-corrected chi connectivity index (χ2v) is 14.7. The maximum absolute atomic E-state index is 12.9. The highest BCUT2D eigenvalue weighted by Gasteiger charge is 2.32. The van der Waals surface area contributed by atoms with Gasteiger partial charge in [-0.1, -0.05) is 98.4 Å². The molecule has 8 heteroatoms. The highest BCUT2D eigenvalue weighted by atomic mass is 35.5. The molecule has 0 atom stereocenters. The zero-order valence-corrected chi connectivity index (χ0v) is 29.5. The second-order valence-electron chi connectivity index (χ2n) is 12.8. The number of benzene rings is 3. The Morgan fingerprint density at radius 1 is 0.783 bits per heavy atom. The molecule has 0 aliphatic heterocycles. The van der Waals surface area contributed by atoms with Gasteiger partial charge in [0, 0.05) is 50.8 Å². The molecule has 46 heavy (non-hydrogen) atoms. The average molecular weight is 658 g/mol. The van der Waals surface area contributed by atoms with Gasteiger partial charge in [-0.05, 0) is 41.9 Å². The molecule has 5 rings (SSSR count). The van der Waals surface area contributed by atoms with Crippen molar-refractivity contribution in [3.8, 4) is 23.1 Å². The van der Waals surface area contributed by atoms with E-state index in [1.54, 1.807) is 30.6 Å². The summed E-state index contributed by atoms with van der Waals surface area (Å²) in [7, 11) is -3.71. The van der Waals surface area contributed by atoms with Crippen LogP contribution in [-0.2, 0) is 9.84 Å². The Bertz CT molecular complexity index is 1860. The molecular weight excluding hydrogens is 614 g/mol. The molecule has 0 spiro atoms. The van der Waals surface area contributed by atoms with E-state index in [1.165, 1.54) is 22.3 Å². The van der Waals surface area contributed by atoms with Crippen molar-refractivity contribution in [1.82, 2.24) is 9.55 Å². The number of fused-ring (bicyclic) bond motifs is 1. The van der Waals surface area contributed by atoms with E-state index in [2.05, 4.69) is 125 Å². The first-order chi connectivity index (χ1) is 21.4. The van der Waals surface area contributed by atoms with Gasteiger partial charge in [-0.15, -0.1) is 0 Å². The normalized spacial score (nSPS) is 11.9. The number of halogens is 1. The number of pyridine rings is 1. The van der Waals surface area contributed by atoms with Crippen molar-refractivity contribution >= 4 is 20.6 Å². The summed E-state index contributed by atoms with van der Waals surface area (Å²) in [5, 5.41) is 2.10. The first-order valence-corrected chi connectivity index (χ1v) is 17.2. The van der Waals surface area contributed by atoms with Crippen molar-refractivity contribution in [3.63, 3.8) is 0 Å². The monoisotopic (exact) mass is 657 g/mol. The Hall–Kier alpha value is -3.94. The van der Waals surface area contributed by atoms with E-state index >= 15 is 0 Å². The first-order valence-electron chi connectivity index (χ1n) is 15.7. The molecule has 2 heterocycles. The summed E-state index contributed by atoms with van der Waals surface area (Å²) in [4.78, 5) is 4.40. The fourth-order valence-corrected chi connectivity index (χ4v) is 6.96. The summed E-state index contributed by atoms with van der Waals surface area (Å²) in [6.07, 6.45) is 7.40. The Kier molecular flexibility index (Phi) is 10.5. The van der Waals surface area contributed by atoms with Crippen molar-refractivity contribution in [3.05, 3.63) is 114 Å². The molecule has 6 nitrogen and oxygen atoms in total. The Morgan fingerprint density at radius 3 is 1.85 bits per heavy atom. The Morgan fingerprint density at radius 2 is 1.33 bits per heavy atom. The lowest BCUT2D eigenvalue weighted by atomic mass is 9.92.